The molecule has 20 heavy (non-hydrogen) atoms. The van der Waals surface area contributed by atoms with E-state index < -0.39 is 11.8 Å². The van der Waals surface area contributed by atoms with Gasteiger partial charge in [-0.1, -0.05) is 23.9 Å². The van der Waals surface area contributed by atoms with Crippen LogP contribution in [0.5, 0.6) is 0 Å². The van der Waals surface area contributed by atoms with E-state index in [9.17, 15) is 9.18 Å². The van der Waals surface area contributed by atoms with Gasteiger partial charge >= 0.3 is 5.97 Å². The topological polar surface area (TPSA) is 76.2 Å². The van der Waals surface area contributed by atoms with E-state index in [1.54, 1.807) is 19.1 Å². The van der Waals surface area contributed by atoms with Crippen LogP contribution in [0.25, 0.3) is 6.08 Å². The lowest BCUT2D eigenvalue weighted by molar-refractivity contribution is -0.131. The molecule has 7 heteroatoms. The molecule has 0 amide bonds. The van der Waals surface area contributed by atoms with Gasteiger partial charge in [-0.15, -0.1) is 10.2 Å². The van der Waals surface area contributed by atoms with Crippen molar-refractivity contribution in [1.82, 2.24) is 10.2 Å². The van der Waals surface area contributed by atoms with Crippen molar-refractivity contribution in [2.24, 2.45) is 0 Å². The maximum absolute atomic E-state index is 13.8. The molecule has 1 N–H and O–H groups in total. The number of hydrogen-bond acceptors (Lipinski definition) is 5. The summed E-state index contributed by atoms with van der Waals surface area (Å²) < 4.78 is 19.0. The lowest BCUT2D eigenvalue weighted by Crippen LogP contribution is -1.90. The molecule has 1 aromatic carbocycles. The third-order valence-corrected chi connectivity index (χ3v) is 3.22. The average Bonchev–Trinajstić information content (AvgIpc) is 2.81. The van der Waals surface area contributed by atoms with Gasteiger partial charge in [-0.05, 0) is 23.3 Å². The van der Waals surface area contributed by atoms with Crippen LogP contribution in [0.15, 0.2) is 33.9 Å². The number of nitrogens with zero attached hydrogens (tertiary/aromatic N) is 2. The van der Waals surface area contributed by atoms with Gasteiger partial charge in [0.2, 0.25) is 5.89 Å². The minimum atomic E-state index is -1.07. The number of carboxylic acid groups (broad SMARTS) is 1. The van der Waals surface area contributed by atoms with E-state index in [0.29, 0.717) is 28.0 Å². The molecule has 0 aliphatic heterocycles. The summed E-state index contributed by atoms with van der Waals surface area (Å²) in [5, 5.41) is 16.4. The highest BCUT2D eigenvalue weighted by Crippen LogP contribution is 2.23. The van der Waals surface area contributed by atoms with Gasteiger partial charge in [0.15, 0.2) is 0 Å². The van der Waals surface area contributed by atoms with Crippen molar-refractivity contribution in [3.05, 3.63) is 47.1 Å². The molecule has 0 spiro atoms. The van der Waals surface area contributed by atoms with Crippen molar-refractivity contribution in [2.45, 2.75) is 17.9 Å². The van der Waals surface area contributed by atoms with Crippen LogP contribution in [0.1, 0.15) is 17.0 Å². The molecule has 0 fully saturated rings. The predicted molar refractivity (Wildman–Crippen MR) is 71.7 cm³/mol. The summed E-state index contributed by atoms with van der Waals surface area (Å²) in [4.78, 5) is 10.4. The SMILES string of the molecule is Cc1nnc(SCc2ccc(C=CC(=O)O)cc2F)o1. The first-order chi connectivity index (χ1) is 9.54. The Hall–Kier alpha value is -2.15. The fraction of sp³-hybridized carbons (Fsp3) is 0.154. The lowest BCUT2D eigenvalue weighted by Gasteiger charge is -2.02. The molecule has 0 saturated carbocycles. The first-order valence-electron chi connectivity index (χ1n) is 5.67. The van der Waals surface area contributed by atoms with Crippen molar-refractivity contribution >= 4 is 23.8 Å². The first-order valence-corrected chi connectivity index (χ1v) is 6.65. The van der Waals surface area contributed by atoms with E-state index in [1.807, 2.05) is 0 Å². The molecule has 2 rings (SSSR count). The standard InChI is InChI=1S/C13H11FN2O3S/c1-8-15-16-13(19-8)20-7-10-4-2-9(6-11(10)14)3-5-12(17)18/h2-6H,7H2,1H3,(H,17,18). The third-order valence-electron chi connectivity index (χ3n) is 2.35. The Labute approximate surface area is 118 Å². The number of carbonyl (C=O) groups is 1. The van der Waals surface area contributed by atoms with Crippen LogP contribution in [-0.2, 0) is 10.5 Å². The van der Waals surface area contributed by atoms with Gasteiger partial charge in [0.05, 0.1) is 0 Å². The summed E-state index contributed by atoms with van der Waals surface area (Å²) >= 11 is 1.24. The van der Waals surface area contributed by atoms with E-state index in [2.05, 4.69) is 10.2 Å². The second-order valence-corrected chi connectivity index (χ2v) is 4.82. The van der Waals surface area contributed by atoms with Crippen molar-refractivity contribution in [1.29, 1.82) is 0 Å². The molecule has 5 nitrogen and oxygen atoms in total. The molecule has 0 bridgehead atoms. The van der Waals surface area contributed by atoms with E-state index in [1.165, 1.54) is 23.9 Å². The number of aliphatic carboxylic acids is 1. The molecular formula is C13H11FN2O3S. The van der Waals surface area contributed by atoms with Gasteiger partial charge in [-0.2, -0.15) is 0 Å². The Morgan fingerprint density at radius 3 is 2.90 bits per heavy atom. The van der Waals surface area contributed by atoms with Crippen molar-refractivity contribution < 1.29 is 18.7 Å². The monoisotopic (exact) mass is 294 g/mol. The van der Waals surface area contributed by atoms with Crippen molar-refractivity contribution in [2.75, 3.05) is 0 Å². The van der Waals surface area contributed by atoms with E-state index >= 15 is 0 Å². The Kier molecular flexibility index (Phi) is 4.52. The number of thioether (sulfide) groups is 1. The third kappa shape index (κ3) is 3.92. The highest BCUT2D eigenvalue weighted by atomic mass is 32.2. The maximum atomic E-state index is 13.8. The summed E-state index contributed by atoms with van der Waals surface area (Å²) in [5.41, 5.74) is 0.977. The Bertz CT molecular complexity index is 655. The van der Waals surface area contributed by atoms with Crippen molar-refractivity contribution in [3.63, 3.8) is 0 Å². The van der Waals surface area contributed by atoms with Gasteiger partial charge in [0.1, 0.15) is 5.82 Å². The number of benzene rings is 1. The molecule has 0 aliphatic rings. The summed E-state index contributed by atoms with van der Waals surface area (Å²) in [6.07, 6.45) is 2.30. The Balaban J connectivity index is 2.04. The zero-order valence-corrected chi connectivity index (χ0v) is 11.4. The van der Waals surface area contributed by atoms with Crippen LogP contribution in [0.3, 0.4) is 0 Å². The van der Waals surface area contributed by atoms with Gasteiger partial charge in [-0.3, -0.25) is 0 Å². The molecule has 0 radical (unpaired) electrons. The smallest absolute Gasteiger partial charge is 0.328 e. The predicted octanol–water partition coefficient (Wildman–Crippen LogP) is 2.91. The largest absolute Gasteiger partial charge is 0.478 e. The highest BCUT2D eigenvalue weighted by Gasteiger charge is 2.07. The number of aromatic nitrogens is 2. The number of halogens is 1. The first kappa shape index (κ1) is 14.3. The van der Waals surface area contributed by atoms with Crippen LogP contribution in [0.2, 0.25) is 0 Å². The Morgan fingerprint density at radius 1 is 1.50 bits per heavy atom. The molecule has 1 aromatic heterocycles. The molecular weight excluding hydrogens is 283 g/mol. The maximum Gasteiger partial charge on any atom is 0.328 e. The fourth-order valence-corrected chi connectivity index (χ4v) is 2.22. The molecule has 2 aromatic rings. The normalized spacial score (nSPS) is 11.1. The van der Waals surface area contributed by atoms with Gasteiger partial charge in [0, 0.05) is 18.8 Å². The van der Waals surface area contributed by atoms with Crippen molar-refractivity contribution in [3.8, 4) is 0 Å². The fourth-order valence-electron chi connectivity index (χ4n) is 1.43. The average molecular weight is 294 g/mol. The second kappa shape index (κ2) is 6.33. The van der Waals surface area contributed by atoms with Gasteiger partial charge < -0.3 is 9.52 Å². The van der Waals surface area contributed by atoms with Crippen LogP contribution in [0, 0.1) is 12.7 Å². The second-order valence-electron chi connectivity index (χ2n) is 3.90. The lowest BCUT2D eigenvalue weighted by atomic mass is 10.1. The van der Waals surface area contributed by atoms with E-state index in [-0.39, 0.29) is 0 Å². The summed E-state index contributed by atoms with van der Waals surface area (Å²) in [6, 6.07) is 4.54. The van der Waals surface area contributed by atoms with E-state index in [0.717, 1.165) is 6.08 Å². The zero-order chi connectivity index (χ0) is 14.5. The van der Waals surface area contributed by atoms with Crippen LogP contribution in [-0.4, -0.2) is 21.3 Å². The minimum absolute atomic E-state index is 0.358. The molecule has 104 valence electrons. The zero-order valence-electron chi connectivity index (χ0n) is 10.5. The number of rotatable bonds is 5. The van der Waals surface area contributed by atoms with Gasteiger partial charge in [0.25, 0.3) is 5.22 Å². The van der Waals surface area contributed by atoms with Gasteiger partial charge in [-0.25, -0.2) is 9.18 Å². The molecule has 0 aliphatic carbocycles. The van der Waals surface area contributed by atoms with E-state index in [4.69, 9.17) is 9.52 Å². The highest BCUT2D eigenvalue weighted by molar-refractivity contribution is 7.98. The quantitative estimate of drug-likeness (QED) is 0.675. The molecule has 1 heterocycles. The molecule has 0 saturated heterocycles. The molecule has 0 unspecified atom stereocenters. The summed E-state index contributed by atoms with van der Waals surface area (Å²) in [6.45, 7) is 1.68. The number of hydrogen-bond donors (Lipinski definition) is 1. The summed E-state index contributed by atoms with van der Waals surface area (Å²) in [5.74, 6) is -0.656. The number of carboxylic acids is 1. The van der Waals surface area contributed by atoms with Crippen LogP contribution >= 0.6 is 11.8 Å². The Morgan fingerprint density at radius 2 is 2.30 bits per heavy atom. The number of aryl methyl sites for hydroxylation is 1. The summed E-state index contributed by atoms with van der Waals surface area (Å²) in [7, 11) is 0. The van der Waals surface area contributed by atoms with Crippen LogP contribution < -0.4 is 0 Å². The van der Waals surface area contributed by atoms with Crippen LogP contribution in [0.4, 0.5) is 4.39 Å². The molecule has 0 atom stereocenters. The minimum Gasteiger partial charge on any atom is -0.478 e.